The van der Waals surface area contributed by atoms with E-state index in [1.807, 2.05) is 24.8 Å². The number of nitro benzene ring substituents is 1. The van der Waals surface area contributed by atoms with Gasteiger partial charge in [0, 0.05) is 30.9 Å². The normalized spacial score (nSPS) is 10.3. The second kappa shape index (κ2) is 6.71. The van der Waals surface area contributed by atoms with Crippen molar-refractivity contribution >= 4 is 11.4 Å². The van der Waals surface area contributed by atoms with Crippen LogP contribution in [0.4, 0.5) is 11.4 Å². The maximum Gasteiger partial charge on any atom is 0.287 e. The number of rotatable bonds is 6. The zero-order valence-electron chi connectivity index (χ0n) is 11.0. The van der Waals surface area contributed by atoms with E-state index in [2.05, 4.69) is 0 Å². The van der Waals surface area contributed by atoms with Gasteiger partial charge in [0.2, 0.25) is 0 Å². The maximum atomic E-state index is 10.8. The van der Waals surface area contributed by atoms with Crippen LogP contribution in [0.25, 0.3) is 0 Å². The SMILES string of the molecule is CC(C)N(CCCO)c1ccc([N+](=O)[O-])c(C#N)c1. The average Bonchev–Trinajstić information content (AvgIpc) is 2.38. The van der Waals surface area contributed by atoms with Crippen LogP contribution < -0.4 is 4.90 Å². The standard InChI is InChI=1S/C13H17N3O3/c1-10(2)15(6-3-7-17)12-4-5-13(16(18)19)11(8-12)9-14/h4-5,8,10,17H,3,6-7H2,1-2H3. The van der Waals surface area contributed by atoms with Crippen LogP contribution in [0.2, 0.25) is 0 Å². The van der Waals surface area contributed by atoms with Crippen molar-refractivity contribution in [2.45, 2.75) is 26.3 Å². The molecule has 0 fully saturated rings. The molecule has 0 heterocycles. The average molecular weight is 263 g/mol. The second-order valence-corrected chi connectivity index (χ2v) is 4.43. The molecule has 0 spiro atoms. The second-order valence-electron chi connectivity index (χ2n) is 4.43. The molecule has 0 aliphatic carbocycles. The molecule has 0 aromatic heterocycles. The van der Waals surface area contributed by atoms with Crippen LogP contribution in [0, 0.1) is 21.4 Å². The predicted molar refractivity (Wildman–Crippen MR) is 72.0 cm³/mol. The summed E-state index contributed by atoms with van der Waals surface area (Å²) in [5.74, 6) is 0. The van der Waals surface area contributed by atoms with E-state index in [9.17, 15) is 10.1 Å². The first-order chi connectivity index (χ1) is 9.01. The van der Waals surface area contributed by atoms with Crippen LogP contribution in [-0.4, -0.2) is 29.2 Å². The van der Waals surface area contributed by atoms with Crippen molar-refractivity contribution in [3.63, 3.8) is 0 Å². The van der Waals surface area contributed by atoms with Gasteiger partial charge < -0.3 is 10.0 Å². The summed E-state index contributed by atoms with van der Waals surface area (Å²) < 4.78 is 0. The van der Waals surface area contributed by atoms with Gasteiger partial charge in [-0.25, -0.2) is 0 Å². The molecule has 0 saturated carbocycles. The molecule has 19 heavy (non-hydrogen) atoms. The molecule has 6 nitrogen and oxygen atoms in total. The lowest BCUT2D eigenvalue weighted by Crippen LogP contribution is -2.32. The minimum atomic E-state index is -0.560. The van der Waals surface area contributed by atoms with Gasteiger partial charge in [-0.15, -0.1) is 0 Å². The third kappa shape index (κ3) is 3.66. The minimum Gasteiger partial charge on any atom is -0.396 e. The summed E-state index contributed by atoms with van der Waals surface area (Å²) in [6.45, 7) is 4.70. The van der Waals surface area contributed by atoms with Crippen LogP contribution >= 0.6 is 0 Å². The van der Waals surface area contributed by atoms with E-state index in [1.165, 1.54) is 12.1 Å². The van der Waals surface area contributed by atoms with E-state index in [-0.39, 0.29) is 23.9 Å². The monoisotopic (exact) mass is 263 g/mol. The highest BCUT2D eigenvalue weighted by molar-refractivity contribution is 5.60. The summed E-state index contributed by atoms with van der Waals surface area (Å²) in [5.41, 5.74) is 0.625. The summed E-state index contributed by atoms with van der Waals surface area (Å²) in [6.07, 6.45) is 0.608. The van der Waals surface area contributed by atoms with Gasteiger partial charge in [-0.3, -0.25) is 10.1 Å². The predicted octanol–water partition coefficient (Wildman–Crippen LogP) is 2.06. The Balaban J connectivity index is 3.12. The van der Waals surface area contributed by atoms with Crippen LogP contribution in [0.1, 0.15) is 25.8 Å². The van der Waals surface area contributed by atoms with Gasteiger partial charge in [0.05, 0.1) is 4.92 Å². The van der Waals surface area contributed by atoms with Gasteiger partial charge in [-0.2, -0.15) is 5.26 Å². The lowest BCUT2D eigenvalue weighted by molar-refractivity contribution is -0.385. The molecule has 102 valence electrons. The zero-order valence-corrected chi connectivity index (χ0v) is 11.0. The fourth-order valence-electron chi connectivity index (χ4n) is 1.88. The van der Waals surface area contributed by atoms with Crippen molar-refractivity contribution in [1.82, 2.24) is 0 Å². The number of aliphatic hydroxyl groups excluding tert-OH is 1. The van der Waals surface area contributed by atoms with E-state index >= 15 is 0 Å². The highest BCUT2D eigenvalue weighted by Gasteiger charge is 2.17. The zero-order chi connectivity index (χ0) is 14.4. The van der Waals surface area contributed by atoms with Gasteiger partial charge in [-0.1, -0.05) is 0 Å². The van der Waals surface area contributed by atoms with Crippen molar-refractivity contribution in [3.8, 4) is 6.07 Å². The first-order valence-corrected chi connectivity index (χ1v) is 6.07. The van der Waals surface area contributed by atoms with E-state index < -0.39 is 4.92 Å². The Labute approximate surface area is 112 Å². The molecular formula is C13H17N3O3. The number of nitrogens with zero attached hydrogens (tertiary/aromatic N) is 3. The number of aliphatic hydroxyl groups is 1. The molecule has 1 rings (SSSR count). The van der Waals surface area contributed by atoms with Crippen LogP contribution in [0.5, 0.6) is 0 Å². The summed E-state index contributed by atoms with van der Waals surface area (Å²) in [6, 6.07) is 6.54. The molecule has 6 heteroatoms. The van der Waals surface area contributed by atoms with Gasteiger partial charge in [0.15, 0.2) is 0 Å². The van der Waals surface area contributed by atoms with E-state index in [4.69, 9.17) is 10.4 Å². The molecule has 1 aromatic carbocycles. The number of nitro groups is 1. The van der Waals surface area contributed by atoms with E-state index in [1.54, 1.807) is 6.07 Å². The molecule has 0 bridgehead atoms. The van der Waals surface area contributed by atoms with Crippen molar-refractivity contribution < 1.29 is 10.0 Å². The van der Waals surface area contributed by atoms with Crippen molar-refractivity contribution in [2.24, 2.45) is 0 Å². The fourth-order valence-corrected chi connectivity index (χ4v) is 1.88. The molecule has 0 aliphatic heterocycles. The first-order valence-electron chi connectivity index (χ1n) is 6.07. The molecule has 1 N–H and O–H groups in total. The summed E-state index contributed by atoms with van der Waals surface area (Å²) in [5, 5.41) is 28.6. The Morgan fingerprint density at radius 2 is 2.21 bits per heavy atom. The summed E-state index contributed by atoms with van der Waals surface area (Å²) in [4.78, 5) is 12.2. The lowest BCUT2D eigenvalue weighted by atomic mass is 10.1. The molecule has 0 radical (unpaired) electrons. The van der Waals surface area contributed by atoms with E-state index in [0.717, 1.165) is 5.69 Å². The van der Waals surface area contributed by atoms with Crippen molar-refractivity contribution in [1.29, 1.82) is 5.26 Å². The molecule has 0 amide bonds. The Morgan fingerprint density at radius 1 is 1.53 bits per heavy atom. The van der Waals surface area contributed by atoms with E-state index in [0.29, 0.717) is 13.0 Å². The Morgan fingerprint density at radius 3 is 2.68 bits per heavy atom. The fraction of sp³-hybridized carbons (Fsp3) is 0.462. The molecule has 0 saturated heterocycles. The number of hydrogen-bond acceptors (Lipinski definition) is 5. The molecule has 0 unspecified atom stereocenters. The lowest BCUT2D eigenvalue weighted by Gasteiger charge is -2.28. The largest absolute Gasteiger partial charge is 0.396 e. The summed E-state index contributed by atoms with van der Waals surface area (Å²) >= 11 is 0. The van der Waals surface area contributed by atoms with Gasteiger partial charge in [0.1, 0.15) is 11.6 Å². The molecule has 0 atom stereocenters. The maximum absolute atomic E-state index is 10.8. The van der Waals surface area contributed by atoms with Crippen molar-refractivity contribution in [3.05, 3.63) is 33.9 Å². The third-order valence-electron chi connectivity index (χ3n) is 2.81. The molecule has 1 aromatic rings. The number of benzene rings is 1. The topological polar surface area (TPSA) is 90.4 Å². The van der Waals surface area contributed by atoms with Gasteiger partial charge in [0.25, 0.3) is 5.69 Å². The van der Waals surface area contributed by atoms with Gasteiger partial charge in [-0.05, 0) is 32.4 Å². The minimum absolute atomic E-state index is 0.0529. The highest BCUT2D eigenvalue weighted by Crippen LogP contribution is 2.25. The highest BCUT2D eigenvalue weighted by atomic mass is 16.6. The van der Waals surface area contributed by atoms with Gasteiger partial charge >= 0.3 is 0 Å². The van der Waals surface area contributed by atoms with Crippen LogP contribution in [-0.2, 0) is 0 Å². The third-order valence-corrected chi connectivity index (χ3v) is 2.81. The Bertz CT molecular complexity index is 494. The van der Waals surface area contributed by atoms with Crippen LogP contribution in [0.15, 0.2) is 18.2 Å². The smallest absolute Gasteiger partial charge is 0.287 e. The molecular weight excluding hydrogens is 246 g/mol. The number of nitriles is 1. The Kier molecular flexibility index (Phi) is 5.27. The van der Waals surface area contributed by atoms with Crippen LogP contribution in [0.3, 0.4) is 0 Å². The Hall–Kier alpha value is -2.13. The quantitative estimate of drug-likeness (QED) is 0.626. The molecule has 0 aliphatic rings. The first kappa shape index (κ1) is 14.9. The van der Waals surface area contributed by atoms with Crippen molar-refractivity contribution in [2.75, 3.05) is 18.1 Å². The number of anilines is 1. The number of hydrogen-bond donors (Lipinski definition) is 1. The summed E-state index contributed by atoms with van der Waals surface area (Å²) in [7, 11) is 0.